The molecule has 0 bridgehead atoms. The molecule has 0 aliphatic rings. The maximum Gasteiger partial charge on any atom is -0.412 e. The first-order chi connectivity index (χ1) is 7.61. The van der Waals surface area contributed by atoms with Gasteiger partial charge in [0.2, 0.25) is 0 Å². The van der Waals surface area contributed by atoms with Crippen LogP contribution in [0.25, 0.3) is 0 Å². The molecule has 0 aliphatic heterocycles. The van der Waals surface area contributed by atoms with E-state index in [1.54, 1.807) is 0 Å². The molecule has 0 aromatic carbocycles. The van der Waals surface area contributed by atoms with Crippen molar-refractivity contribution in [1.29, 1.82) is 0 Å². The van der Waals surface area contributed by atoms with Gasteiger partial charge in [-0.05, 0) is 0 Å². The number of rotatable bonds is 10. The van der Waals surface area contributed by atoms with E-state index in [4.69, 9.17) is 10.3 Å². The summed E-state index contributed by atoms with van der Waals surface area (Å²) in [4.78, 5) is 0. The minimum Gasteiger partial charge on any atom is -0.412 e. The average molecular weight is 479 g/mol. The van der Waals surface area contributed by atoms with Gasteiger partial charge in [0, 0.05) is 0 Å². The van der Waals surface area contributed by atoms with Gasteiger partial charge in [0.15, 0.2) is 0 Å². The summed E-state index contributed by atoms with van der Waals surface area (Å²) in [5, 5.41) is 0. The molecule has 5 heteroatoms. The van der Waals surface area contributed by atoms with Crippen LogP contribution < -0.4 is 0 Å². The molecule has 0 spiro atoms. The van der Waals surface area contributed by atoms with Crippen molar-refractivity contribution in [3.05, 3.63) is 0 Å². The van der Waals surface area contributed by atoms with Crippen molar-refractivity contribution in [1.82, 2.24) is 0 Å². The fourth-order valence-electron chi connectivity index (χ4n) is 2.02. The maximum absolute atomic E-state index is 6.84. The van der Waals surface area contributed by atoms with Gasteiger partial charge in [0.05, 0.1) is 0 Å². The topological polar surface area (TPSA) is 40.7 Å². The fourth-order valence-corrected chi connectivity index (χ4v) is 38.7. The normalized spacial score (nSPS) is 11.6. The average Bonchev–Trinajstić information content (AvgIpc) is 2.18. The quantitative estimate of drug-likeness (QED) is 0.426. The Morgan fingerprint density at radius 1 is 0.882 bits per heavy atom. The smallest absolute Gasteiger partial charge is 0.412 e. The molecule has 0 fully saturated rings. The second-order valence-corrected chi connectivity index (χ2v) is 27.5. The minimum atomic E-state index is -2.60. The van der Waals surface area contributed by atoms with Crippen LogP contribution in [0, 0.1) is 0 Å². The maximum atomic E-state index is 6.84. The molecule has 0 aromatic heterocycles. The number of hydrogen-bond acceptors (Lipinski definition) is 1. The van der Waals surface area contributed by atoms with E-state index in [-0.39, 0.29) is 5.48 Å². The summed E-state index contributed by atoms with van der Waals surface area (Å²) in [5.74, 6) is 0. The Bertz CT molecular complexity index is 159. The number of halogens is 1. The first-order valence-corrected chi connectivity index (χ1v) is 20.9. The Morgan fingerprint density at radius 2 is 1.29 bits per heavy atom. The molecule has 17 heavy (non-hydrogen) atoms. The summed E-state index contributed by atoms with van der Waals surface area (Å²) in [6.07, 6.45) is 5.03. The zero-order valence-electron chi connectivity index (χ0n) is 11.9. The molecule has 2 nitrogen and oxygen atoms in total. The van der Waals surface area contributed by atoms with Crippen LogP contribution in [0.5, 0.6) is 0 Å². The molecule has 0 rings (SSSR count). The Balaban J connectivity index is 0. The molecule has 0 heterocycles. The minimum absolute atomic E-state index is 0. The Kier molecular flexibility index (Phi) is 15.9. The molecule has 0 saturated carbocycles. The molecule has 105 valence electrons. The summed E-state index contributed by atoms with van der Waals surface area (Å²) < 4.78 is 11.8. The molecule has 0 saturated heterocycles. The zero-order valence-corrected chi connectivity index (χ0v) is 18.4. The van der Waals surface area contributed by atoms with Gasteiger partial charge in [-0.3, -0.25) is 0 Å². The van der Waals surface area contributed by atoms with Crippen molar-refractivity contribution in [2.24, 2.45) is 0 Å². The summed E-state index contributed by atoms with van der Waals surface area (Å²) in [6.45, 7) is 9.06. The molecule has 0 aromatic rings. The molecule has 0 amide bonds. The molecule has 0 aliphatic carbocycles. The molecule has 2 N–H and O–H groups in total. The molecular formula is C12H30ClO2Sn2. The van der Waals surface area contributed by atoms with E-state index in [0.717, 1.165) is 0 Å². The van der Waals surface area contributed by atoms with E-state index in [9.17, 15) is 0 Å². The van der Waals surface area contributed by atoms with E-state index in [1.807, 2.05) is 0 Å². The molecule has 0 atom stereocenters. The van der Waals surface area contributed by atoms with Gasteiger partial charge < -0.3 is 5.48 Å². The van der Waals surface area contributed by atoms with Crippen molar-refractivity contribution < 1.29 is 6.89 Å². The van der Waals surface area contributed by atoms with Crippen molar-refractivity contribution in [2.75, 3.05) is 0 Å². The summed E-state index contributed by atoms with van der Waals surface area (Å²) in [6, 6.07) is 0. The SMILES string of the molecule is CC[CH2][Sn]([CH2]CC)[O][Sn]([Cl])([CH2]CC)[CH2]CC.O. The second-order valence-electron chi connectivity index (χ2n) is 4.52. The molecule has 1 radical (unpaired) electrons. The van der Waals surface area contributed by atoms with Gasteiger partial charge in [-0.1, -0.05) is 0 Å². The van der Waals surface area contributed by atoms with Crippen LogP contribution in [-0.4, -0.2) is 43.3 Å². The Morgan fingerprint density at radius 3 is 1.59 bits per heavy atom. The van der Waals surface area contributed by atoms with Crippen LogP contribution in [0.15, 0.2) is 0 Å². The van der Waals surface area contributed by atoms with Crippen molar-refractivity contribution in [3.63, 3.8) is 0 Å². The van der Waals surface area contributed by atoms with E-state index >= 15 is 0 Å². The first-order valence-electron chi connectivity index (χ1n) is 6.84. The predicted molar refractivity (Wildman–Crippen MR) is 82.5 cm³/mol. The molecule has 0 unspecified atom stereocenters. The van der Waals surface area contributed by atoms with Crippen LogP contribution in [0.4, 0.5) is 0 Å². The standard InChI is InChI=1S/4C3H7.ClH.H2O.O.2Sn/c4*1-3-2;;;;;/h4*1,3H2,2H3;1H;1H2;;;/q;;;;;;;;+1/p-1. The van der Waals surface area contributed by atoms with Gasteiger partial charge >= 0.3 is 119 Å². The monoisotopic (exact) mass is 481 g/mol. The van der Waals surface area contributed by atoms with Gasteiger partial charge in [0.25, 0.3) is 0 Å². The number of hydrogen-bond donors (Lipinski definition) is 0. The van der Waals surface area contributed by atoms with Crippen LogP contribution in [0.3, 0.4) is 0 Å². The molecular weight excluding hydrogens is 449 g/mol. The summed E-state index contributed by atoms with van der Waals surface area (Å²) in [7, 11) is 6.84. The Labute approximate surface area is 124 Å². The van der Waals surface area contributed by atoms with Gasteiger partial charge in [-0.15, -0.1) is 0 Å². The van der Waals surface area contributed by atoms with Gasteiger partial charge in [0.1, 0.15) is 0 Å². The largest absolute Gasteiger partial charge is 0.412 e. The van der Waals surface area contributed by atoms with Crippen molar-refractivity contribution in [3.8, 4) is 0 Å². The van der Waals surface area contributed by atoms with Crippen molar-refractivity contribution >= 4 is 46.8 Å². The summed E-state index contributed by atoms with van der Waals surface area (Å²) >= 11 is -4.15. The zero-order chi connectivity index (χ0) is 12.4. The van der Waals surface area contributed by atoms with Crippen LogP contribution in [0.1, 0.15) is 53.4 Å². The predicted octanol–water partition coefficient (Wildman–Crippen LogP) is 4.49. The first kappa shape index (κ1) is 21.1. The third-order valence-corrected chi connectivity index (χ3v) is 36.2. The van der Waals surface area contributed by atoms with Gasteiger partial charge in [-0.2, -0.15) is 0 Å². The third-order valence-electron chi connectivity index (χ3n) is 2.63. The van der Waals surface area contributed by atoms with Crippen LogP contribution in [0.2, 0.25) is 17.7 Å². The third kappa shape index (κ3) is 10.3. The second kappa shape index (κ2) is 12.8. The van der Waals surface area contributed by atoms with Crippen LogP contribution in [-0.2, 0) is 1.41 Å². The van der Waals surface area contributed by atoms with E-state index in [2.05, 4.69) is 27.7 Å². The Hall–Kier alpha value is 1.81. The fraction of sp³-hybridized carbons (Fsp3) is 1.00. The van der Waals surface area contributed by atoms with E-state index in [1.165, 1.54) is 43.4 Å². The van der Waals surface area contributed by atoms with Crippen LogP contribution >= 0.6 is 8.92 Å². The van der Waals surface area contributed by atoms with Crippen molar-refractivity contribution in [2.45, 2.75) is 71.1 Å². The van der Waals surface area contributed by atoms with E-state index in [0.29, 0.717) is 0 Å². The van der Waals surface area contributed by atoms with E-state index < -0.39 is 37.8 Å². The summed E-state index contributed by atoms with van der Waals surface area (Å²) in [5.41, 5.74) is 0. The van der Waals surface area contributed by atoms with Gasteiger partial charge in [-0.25, -0.2) is 0 Å².